The normalized spacial score (nSPS) is 30.4. The van der Waals surface area contributed by atoms with Crippen molar-refractivity contribution in [2.45, 2.75) is 49.2 Å². The molecule has 36 heavy (non-hydrogen) atoms. The van der Waals surface area contributed by atoms with E-state index >= 15 is 0 Å². The van der Waals surface area contributed by atoms with Gasteiger partial charge in [0.05, 0.1) is 45.1 Å². The van der Waals surface area contributed by atoms with Crippen LogP contribution in [0.2, 0.25) is 0 Å². The summed E-state index contributed by atoms with van der Waals surface area (Å²) in [6.45, 7) is 1.92. The van der Waals surface area contributed by atoms with Crippen LogP contribution in [0.1, 0.15) is 30.9 Å². The van der Waals surface area contributed by atoms with Crippen LogP contribution in [0.25, 0.3) is 0 Å². The van der Waals surface area contributed by atoms with Crippen molar-refractivity contribution < 1.29 is 43.8 Å². The molecule has 0 spiro atoms. The summed E-state index contributed by atoms with van der Waals surface area (Å²) in [5.74, 6) is 1.44. The number of benzene rings is 2. The van der Waals surface area contributed by atoms with Crippen molar-refractivity contribution in [2.24, 2.45) is 5.92 Å². The van der Waals surface area contributed by atoms with Gasteiger partial charge in [0, 0.05) is 18.1 Å². The van der Waals surface area contributed by atoms with E-state index in [1.807, 2.05) is 19.1 Å². The summed E-state index contributed by atoms with van der Waals surface area (Å²) < 4.78 is 29.2. The summed E-state index contributed by atoms with van der Waals surface area (Å²) in [4.78, 5) is 12.2. The highest BCUT2D eigenvalue weighted by molar-refractivity contribution is 5.73. The Bertz CT molecular complexity index is 1140. The van der Waals surface area contributed by atoms with Gasteiger partial charge in [-0.3, -0.25) is 0 Å². The Kier molecular flexibility index (Phi) is 6.14. The van der Waals surface area contributed by atoms with E-state index in [1.54, 1.807) is 31.4 Å². The summed E-state index contributed by atoms with van der Waals surface area (Å²) in [6, 6.07) is 10.1. The highest BCUT2D eigenvalue weighted by Gasteiger charge is 2.78. The van der Waals surface area contributed by atoms with E-state index in [0.29, 0.717) is 53.6 Å². The number of aliphatic hydroxyl groups excluding tert-OH is 2. The van der Waals surface area contributed by atoms with Crippen molar-refractivity contribution in [3.05, 3.63) is 47.5 Å². The second-order valence-electron chi connectivity index (χ2n) is 9.44. The van der Waals surface area contributed by atoms with Gasteiger partial charge in [0.15, 0.2) is 17.3 Å². The van der Waals surface area contributed by atoms with Crippen molar-refractivity contribution in [1.29, 1.82) is 0 Å². The molecule has 2 aromatic rings. The molecule has 4 N–H and O–H groups in total. The van der Waals surface area contributed by atoms with Crippen LogP contribution in [0.3, 0.4) is 0 Å². The van der Waals surface area contributed by atoms with Crippen LogP contribution in [0.4, 0.5) is 4.79 Å². The molecule has 0 bridgehead atoms. The lowest BCUT2D eigenvalue weighted by Crippen LogP contribution is -2.53. The van der Waals surface area contributed by atoms with Crippen LogP contribution in [-0.2, 0) is 15.9 Å². The molecule has 3 aliphatic rings. The number of carbonyl (C=O) groups is 1. The minimum atomic E-state index is -1.75. The lowest BCUT2D eigenvalue weighted by atomic mass is 9.73. The summed E-state index contributed by atoms with van der Waals surface area (Å²) in [7, 11) is 3.07. The fourth-order valence-electron chi connectivity index (χ4n) is 5.90. The number of hydrogen-bond acceptors (Lipinski definition) is 9. The van der Waals surface area contributed by atoms with Crippen molar-refractivity contribution in [2.75, 3.05) is 27.4 Å². The summed E-state index contributed by atoms with van der Waals surface area (Å²) in [5.41, 5.74) is -1.96. The number of aliphatic hydroxyl groups is 3. The summed E-state index contributed by atoms with van der Waals surface area (Å²) in [5, 5.41) is 33.9. The molecule has 10 heteroatoms. The maximum absolute atomic E-state index is 12.5. The number of alkyl carbamates (subject to hydrolysis) is 1. The van der Waals surface area contributed by atoms with E-state index in [4.69, 9.17) is 28.8 Å². The predicted molar refractivity (Wildman–Crippen MR) is 126 cm³/mol. The fourth-order valence-corrected chi connectivity index (χ4v) is 5.90. The second kappa shape index (κ2) is 9.02. The Labute approximate surface area is 208 Å². The molecule has 2 heterocycles. The molecule has 6 atom stereocenters. The van der Waals surface area contributed by atoms with E-state index in [1.165, 1.54) is 7.11 Å². The monoisotopic (exact) mass is 501 g/mol. The minimum Gasteiger partial charge on any atom is -0.497 e. The van der Waals surface area contributed by atoms with Gasteiger partial charge in [0.1, 0.15) is 23.0 Å². The Morgan fingerprint density at radius 3 is 2.56 bits per heavy atom. The summed E-state index contributed by atoms with van der Waals surface area (Å²) >= 11 is 0. The van der Waals surface area contributed by atoms with Crippen LogP contribution in [-0.4, -0.2) is 67.1 Å². The zero-order valence-electron chi connectivity index (χ0n) is 20.4. The second-order valence-corrected chi connectivity index (χ2v) is 9.44. The van der Waals surface area contributed by atoms with Gasteiger partial charge in [-0.1, -0.05) is 19.1 Å². The first kappa shape index (κ1) is 24.5. The Balaban J connectivity index is 1.57. The molecule has 1 saturated heterocycles. The zero-order chi connectivity index (χ0) is 25.7. The van der Waals surface area contributed by atoms with E-state index in [9.17, 15) is 15.0 Å². The third-order valence-electron chi connectivity index (χ3n) is 7.59. The Morgan fingerprint density at radius 2 is 1.89 bits per heavy atom. The fraction of sp³-hybridized carbons (Fsp3) is 0.500. The van der Waals surface area contributed by atoms with Gasteiger partial charge in [-0.2, -0.15) is 0 Å². The third kappa shape index (κ3) is 3.39. The summed E-state index contributed by atoms with van der Waals surface area (Å²) in [6.07, 6.45) is -1.37. The maximum atomic E-state index is 12.5. The van der Waals surface area contributed by atoms with Crippen LogP contribution in [0.15, 0.2) is 36.4 Å². The van der Waals surface area contributed by atoms with Crippen molar-refractivity contribution in [3.63, 3.8) is 0 Å². The smallest absolute Gasteiger partial charge is 0.407 e. The molecule has 2 fully saturated rings. The van der Waals surface area contributed by atoms with Gasteiger partial charge in [-0.25, -0.2) is 4.79 Å². The molecule has 10 nitrogen and oxygen atoms in total. The van der Waals surface area contributed by atoms with Crippen LogP contribution >= 0.6 is 0 Å². The van der Waals surface area contributed by atoms with Gasteiger partial charge in [-0.05, 0) is 30.5 Å². The third-order valence-corrected chi connectivity index (χ3v) is 7.59. The Hall–Kier alpha value is -3.21. The lowest BCUT2D eigenvalue weighted by molar-refractivity contribution is -0.153. The predicted octanol–water partition coefficient (Wildman–Crippen LogP) is 1.82. The molecule has 0 aromatic heterocycles. The number of carbonyl (C=O) groups excluding carboxylic acids is 1. The van der Waals surface area contributed by atoms with Gasteiger partial charge in [0.25, 0.3) is 0 Å². The number of amides is 1. The highest BCUT2D eigenvalue weighted by Crippen LogP contribution is 2.67. The zero-order valence-corrected chi connectivity index (χ0v) is 20.4. The topological polar surface area (TPSA) is 136 Å². The minimum absolute atomic E-state index is 0.299. The molecule has 1 aliphatic carbocycles. The Morgan fingerprint density at radius 1 is 1.14 bits per heavy atom. The van der Waals surface area contributed by atoms with E-state index < -0.39 is 35.5 Å². The van der Waals surface area contributed by atoms with Gasteiger partial charge < -0.3 is 44.3 Å². The first-order valence-corrected chi connectivity index (χ1v) is 12.0. The average molecular weight is 502 g/mol. The molecule has 5 rings (SSSR count). The standard InChI is InChI=1S/C26H31NO9/c1-14-22-23(35-24(30)27-22)25(31)21-19(33-3)11-18(34-10-4-5-16(29)13-28)12-20(21)36-26(14,25)15-6-8-17(32-2)9-7-15/h6-9,11-12,14,16,22-23,28-29,31H,4-5,10,13H2,1-3H3,(H,27,30)/t14-,16?,22-,23-,25+,26-/m1/s1. The number of hydrogen-bond donors (Lipinski definition) is 4. The first-order valence-electron chi connectivity index (χ1n) is 12.0. The number of methoxy groups -OCH3 is 2. The molecule has 1 unspecified atom stereocenters. The average Bonchev–Trinajstić information content (AvgIpc) is 3.46. The lowest BCUT2D eigenvalue weighted by Gasteiger charge is -2.40. The maximum Gasteiger partial charge on any atom is 0.407 e. The van der Waals surface area contributed by atoms with Crippen molar-refractivity contribution in [3.8, 4) is 23.0 Å². The molecule has 1 saturated carbocycles. The van der Waals surface area contributed by atoms with Gasteiger partial charge >= 0.3 is 6.09 Å². The van der Waals surface area contributed by atoms with E-state index in [0.717, 1.165) is 0 Å². The highest BCUT2D eigenvalue weighted by atomic mass is 16.6. The quantitative estimate of drug-likeness (QED) is 0.379. The number of nitrogens with one attached hydrogen (secondary N) is 1. The molecule has 0 radical (unpaired) electrons. The van der Waals surface area contributed by atoms with E-state index in [2.05, 4.69) is 5.32 Å². The van der Waals surface area contributed by atoms with Crippen LogP contribution < -0.4 is 24.3 Å². The number of fused-ring (bicyclic) bond motifs is 5. The molecule has 2 aromatic carbocycles. The SMILES string of the molecule is COc1ccc([C@@]23Oc4cc(OCCCC(O)CO)cc(OC)c4[C@]2(O)[C@@H]2OC(=O)N[C@@H]2[C@H]3C)cc1. The first-order chi connectivity index (χ1) is 17.3. The molecular formula is C26H31NO9. The largest absolute Gasteiger partial charge is 0.497 e. The van der Waals surface area contributed by atoms with E-state index in [-0.39, 0.29) is 12.5 Å². The van der Waals surface area contributed by atoms with Gasteiger partial charge in [0.2, 0.25) is 0 Å². The molecule has 1 amide bonds. The number of ether oxygens (including phenoxy) is 5. The molecule has 2 aliphatic heterocycles. The number of rotatable bonds is 9. The van der Waals surface area contributed by atoms with Crippen LogP contribution in [0.5, 0.6) is 23.0 Å². The van der Waals surface area contributed by atoms with Crippen LogP contribution in [0, 0.1) is 5.92 Å². The van der Waals surface area contributed by atoms with Crippen molar-refractivity contribution in [1.82, 2.24) is 5.32 Å². The molecule has 194 valence electrons. The molecular weight excluding hydrogens is 470 g/mol. The van der Waals surface area contributed by atoms with Crippen molar-refractivity contribution >= 4 is 6.09 Å². The van der Waals surface area contributed by atoms with Gasteiger partial charge in [-0.15, -0.1) is 0 Å².